The van der Waals surface area contributed by atoms with Crippen molar-refractivity contribution in [2.24, 2.45) is 0 Å². The summed E-state index contributed by atoms with van der Waals surface area (Å²) in [5.74, 6) is 1.57. The lowest BCUT2D eigenvalue weighted by Gasteiger charge is -2.02. The maximum Gasteiger partial charge on any atom is 0.250 e. The Morgan fingerprint density at radius 1 is 1.00 bits per heavy atom. The van der Waals surface area contributed by atoms with Crippen molar-refractivity contribution in [2.75, 3.05) is 6.79 Å². The highest BCUT2D eigenvalue weighted by atomic mass is 32.1. The number of ketones is 1. The highest BCUT2D eigenvalue weighted by Gasteiger charge is 2.37. The number of rotatable bonds is 0. The Bertz CT molecular complexity index is 991. The topological polar surface area (TPSA) is 35.5 Å². The fourth-order valence-corrected chi connectivity index (χ4v) is 4.43. The highest BCUT2D eigenvalue weighted by Crippen LogP contribution is 2.47. The fraction of sp³-hybridized carbons (Fsp3) is 0.111. The number of carbonyl (C=O) groups is 1. The molecular formula is C18H11O3S+. The van der Waals surface area contributed by atoms with Gasteiger partial charge in [0.2, 0.25) is 23.0 Å². The SMILES string of the molecule is Cc1[s+]c2c(c3cc4c(cc13)OCO4)C(=O)c1ccccc1-2. The first kappa shape index (κ1) is 12.1. The minimum Gasteiger partial charge on any atom is -0.454 e. The van der Waals surface area contributed by atoms with Crippen molar-refractivity contribution >= 4 is 27.9 Å². The van der Waals surface area contributed by atoms with Crippen LogP contribution in [0.1, 0.15) is 20.8 Å². The molecule has 3 aromatic rings. The van der Waals surface area contributed by atoms with E-state index in [9.17, 15) is 4.79 Å². The highest BCUT2D eigenvalue weighted by molar-refractivity contribution is 7.16. The lowest BCUT2D eigenvalue weighted by atomic mass is 10.0. The largest absolute Gasteiger partial charge is 0.454 e. The second-order valence-electron chi connectivity index (χ2n) is 5.49. The van der Waals surface area contributed by atoms with E-state index < -0.39 is 0 Å². The van der Waals surface area contributed by atoms with Crippen molar-refractivity contribution in [2.45, 2.75) is 6.92 Å². The molecule has 0 N–H and O–H groups in total. The van der Waals surface area contributed by atoms with Crippen LogP contribution < -0.4 is 9.47 Å². The molecule has 1 aliphatic heterocycles. The van der Waals surface area contributed by atoms with Gasteiger partial charge < -0.3 is 9.47 Å². The molecule has 0 atom stereocenters. The molecule has 0 spiro atoms. The summed E-state index contributed by atoms with van der Waals surface area (Å²) in [6.45, 7) is 2.32. The summed E-state index contributed by atoms with van der Waals surface area (Å²) in [7, 11) is 0. The molecule has 0 fully saturated rings. The number of hydrogen-bond acceptors (Lipinski definition) is 3. The first-order chi connectivity index (χ1) is 10.7. The Labute approximate surface area is 130 Å². The summed E-state index contributed by atoms with van der Waals surface area (Å²) >= 11 is 1.67. The van der Waals surface area contributed by atoms with E-state index >= 15 is 0 Å². The first-order valence-electron chi connectivity index (χ1n) is 7.08. The Kier molecular flexibility index (Phi) is 2.23. The summed E-state index contributed by atoms with van der Waals surface area (Å²) in [4.78, 5) is 15.1. The van der Waals surface area contributed by atoms with E-state index in [1.54, 1.807) is 11.3 Å². The molecule has 0 amide bonds. The normalized spacial score (nSPS) is 14.3. The molecule has 22 heavy (non-hydrogen) atoms. The number of hydrogen-bond donors (Lipinski definition) is 0. The third kappa shape index (κ3) is 1.40. The van der Waals surface area contributed by atoms with E-state index in [1.165, 1.54) is 4.88 Å². The van der Waals surface area contributed by atoms with Crippen molar-refractivity contribution < 1.29 is 14.3 Å². The molecule has 2 aromatic carbocycles. The van der Waals surface area contributed by atoms with E-state index in [0.717, 1.165) is 38.1 Å². The van der Waals surface area contributed by atoms with Crippen LogP contribution in [0.15, 0.2) is 36.4 Å². The molecule has 106 valence electrons. The lowest BCUT2D eigenvalue weighted by Crippen LogP contribution is -1.96. The molecule has 0 saturated carbocycles. The van der Waals surface area contributed by atoms with E-state index in [-0.39, 0.29) is 12.6 Å². The van der Waals surface area contributed by atoms with Crippen LogP contribution in [0, 0.1) is 6.92 Å². The minimum atomic E-state index is 0.103. The van der Waals surface area contributed by atoms with Gasteiger partial charge >= 0.3 is 0 Å². The molecule has 0 saturated heterocycles. The van der Waals surface area contributed by atoms with Crippen LogP contribution in [0.5, 0.6) is 11.5 Å². The Morgan fingerprint density at radius 3 is 2.45 bits per heavy atom. The van der Waals surface area contributed by atoms with Crippen LogP contribution in [0.25, 0.3) is 21.2 Å². The maximum absolute atomic E-state index is 12.8. The van der Waals surface area contributed by atoms with Crippen molar-refractivity contribution in [1.29, 1.82) is 0 Å². The summed E-state index contributed by atoms with van der Waals surface area (Å²) < 4.78 is 11.0. The predicted octanol–water partition coefficient (Wildman–Crippen LogP) is 4.43. The molecule has 3 nitrogen and oxygen atoms in total. The molecule has 0 bridgehead atoms. The van der Waals surface area contributed by atoms with Crippen molar-refractivity contribution in [1.82, 2.24) is 0 Å². The molecule has 2 heterocycles. The monoisotopic (exact) mass is 307 g/mol. The molecule has 5 rings (SSSR count). The van der Waals surface area contributed by atoms with Gasteiger partial charge in [0.1, 0.15) is 0 Å². The van der Waals surface area contributed by atoms with E-state index in [2.05, 4.69) is 6.92 Å². The smallest absolute Gasteiger partial charge is 0.250 e. The van der Waals surface area contributed by atoms with Crippen LogP contribution >= 0.6 is 11.3 Å². The minimum absolute atomic E-state index is 0.103. The Hall–Kier alpha value is -2.46. The predicted molar refractivity (Wildman–Crippen MR) is 86.0 cm³/mol. The van der Waals surface area contributed by atoms with Gasteiger partial charge in [0.05, 0.1) is 11.1 Å². The summed E-state index contributed by atoms with van der Waals surface area (Å²) in [5.41, 5.74) is 2.62. The Balaban J connectivity index is 1.94. The van der Waals surface area contributed by atoms with Gasteiger partial charge in [-0.05, 0) is 18.2 Å². The van der Waals surface area contributed by atoms with Gasteiger partial charge in [0.25, 0.3) is 4.88 Å². The molecular weight excluding hydrogens is 296 g/mol. The zero-order valence-electron chi connectivity index (χ0n) is 11.8. The molecule has 2 aliphatic rings. The molecule has 0 unspecified atom stereocenters. The average Bonchev–Trinajstić information content (AvgIpc) is 3.10. The average molecular weight is 307 g/mol. The van der Waals surface area contributed by atoms with Gasteiger partial charge in [-0.1, -0.05) is 18.2 Å². The summed E-state index contributed by atoms with van der Waals surface area (Å²) in [6.07, 6.45) is 0. The van der Waals surface area contributed by atoms with Gasteiger partial charge in [-0.25, -0.2) is 0 Å². The van der Waals surface area contributed by atoms with Crippen molar-refractivity contribution in [3.8, 4) is 21.9 Å². The quantitative estimate of drug-likeness (QED) is 0.451. The Morgan fingerprint density at radius 2 is 1.68 bits per heavy atom. The zero-order chi connectivity index (χ0) is 14.8. The molecule has 1 aromatic heterocycles. The second kappa shape index (κ2) is 4.05. The molecule has 4 heteroatoms. The van der Waals surface area contributed by atoms with Crippen molar-refractivity contribution in [3.05, 3.63) is 52.4 Å². The van der Waals surface area contributed by atoms with Gasteiger partial charge in [0.15, 0.2) is 17.3 Å². The standard InChI is InChI=1S/C18H11O3S/c1-9-12-6-14-15(21-8-20-14)7-13(12)16-17(19)10-4-2-3-5-11(10)18(16)22-9/h2-7H,8H2,1H3/q+1. The molecule has 1 aliphatic carbocycles. The van der Waals surface area contributed by atoms with Gasteiger partial charge in [0, 0.05) is 23.3 Å². The van der Waals surface area contributed by atoms with Gasteiger partial charge in [-0.15, -0.1) is 0 Å². The number of aryl methyl sites for hydroxylation is 1. The second-order valence-corrected chi connectivity index (χ2v) is 6.71. The zero-order valence-corrected chi connectivity index (χ0v) is 12.6. The van der Waals surface area contributed by atoms with E-state index in [1.807, 2.05) is 36.4 Å². The van der Waals surface area contributed by atoms with Crippen molar-refractivity contribution in [3.63, 3.8) is 0 Å². The number of ether oxygens (including phenoxy) is 2. The number of benzene rings is 2. The van der Waals surface area contributed by atoms with Crippen LogP contribution in [0.3, 0.4) is 0 Å². The van der Waals surface area contributed by atoms with Gasteiger partial charge in [-0.2, -0.15) is 0 Å². The molecule has 0 radical (unpaired) electrons. The van der Waals surface area contributed by atoms with Crippen LogP contribution in [-0.2, 0) is 0 Å². The summed E-state index contributed by atoms with van der Waals surface area (Å²) in [5, 5.41) is 2.02. The fourth-order valence-electron chi connectivity index (χ4n) is 3.25. The summed E-state index contributed by atoms with van der Waals surface area (Å²) in [6, 6.07) is 11.7. The third-order valence-electron chi connectivity index (χ3n) is 4.29. The third-order valence-corrected chi connectivity index (χ3v) is 5.44. The van der Waals surface area contributed by atoms with Crippen LogP contribution in [0.2, 0.25) is 0 Å². The number of fused-ring (bicyclic) bond motifs is 6. The first-order valence-corrected chi connectivity index (χ1v) is 7.90. The van der Waals surface area contributed by atoms with Crippen LogP contribution in [0.4, 0.5) is 0 Å². The van der Waals surface area contributed by atoms with Gasteiger partial charge in [-0.3, -0.25) is 4.79 Å². The maximum atomic E-state index is 12.8. The van der Waals surface area contributed by atoms with Crippen LogP contribution in [-0.4, -0.2) is 12.6 Å². The number of carbonyl (C=O) groups excluding carboxylic acids is 1. The van der Waals surface area contributed by atoms with E-state index in [4.69, 9.17) is 9.47 Å². The van der Waals surface area contributed by atoms with E-state index in [0.29, 0.717) is 5.75 Å². The lowest BCUT2D eigenvalue weighted by molar-refractivity contribution is 0.104.